The minimum atomic E-state index is -1.10. The molecule has 0 atom stereocenters. The van der Waals surface area contributed by atoms with Crippen LogP contribution in [0.3, 0.4) is 0 Å². The van der Waals surface area contributed by atoms with Gasteiger partial charge in [-0.15, -0.1) is 0 Å². The number of hydrogen-bond donors (Lipinski definition) is 3. The number of aromatic carboxylic acids is 1. The summed E-state index contributed by atoms with van der Waals surface area (Å²) in [6.45, 7) is 0.324. The van der Waals surface area contributed by atoms with E-state index in [4.69, 9.17) is 5.11 Å². The molecule has 0 bridgehead atoms. The Labute approximate surface area is 129 Å². The quantitative estimate of drug-likeness (QED) is 0.791. The molecule has 2 rings (SSSR count). The fourth-order valence-corrected chi connectivity index (χ4v) is 2.02. The Hall–Kier alpha value is -2.41. The van der Waals surface area contributed by atoms with E-state index in [1.54, 1.807) is 30.6 Å². The number of carboxylic acid groups (broad SMARTS) is 1. The first-order valence-electron chi connectivity index (χ1n) is 6.03. The number of pyridine rings is 1. The molecular formula is C14H12BrN3O3. The second-order valence-corrected chi connectivity index (χ2v) is 5.07. The second kappa shape index (κ2) is 6.85. The fourth-order valence-electron chi connectivity index (χ4n) is 1.66. The molecule has 0 fully saturated rings. The van der Waals surface area contributed by atoms with E-state index in [-0.39, 0.29) is 11.3 Å². The third kappa shape index (κ3) is 4.28. The highest BCUT2D eigenvalue weighted by molar-refractivity contribution is 9.10. The van der Waals surface area contributed by atoms with Gasteiger partial charge in [0.1, 0.15) is 0 Å². The van der Waals surface area contributed by atoms with E-state index < -0.39 is 12.0 Å². The molecule has 108 valence electrons. The predicted octanol–water partition coefficient (Wildman–Crippen LogP) is 2.86. The number of carbonyl (C=O) groups excluding carboxylic acids is 1. The van der Waals surface area contributed by atoms with E-state index in [1.807, 2.05) is 0 Å². The first-order valence-corrected chi connectivity index (χ1v) is 6.82. The zero-order chi connectivity index (χ0) is 15.2. The smallest absolute Gasteiger partial charge is 0.337 e. The first-order chi connectivity index (χ1) is 10.1. The molecule has 2 amide bonds. The highest BCUT2D eigenvalue weighted by atomic mass is 79.9. The Balaban J connectivity index is 2.02. The first kappa shape index (κ1) is 15.0. The minimum absolute atomic E-state index is 0.0252. The molecule has 1 aromatic carbocycles. The molecule has 0 aliphatic heterocycles. The fraction of sp³-hybridized carbons (Fsp3) is 0.0714. The number of rotatable bonds is 4. The number of nitrogens with one attached hydrogen (secondary N) is 2. The van der Waals surface area contributed by atoms with Crippen LogP contribution in [-0.4, -0.2) is 22.1 Å². The summed E-state index contributed by atoms with van der Waals surface area (Å²) in [4.78, 5) is 26.8. The molecular weight excluding hydrogens is 338 g/mol. The van der Waals surface area contributed by atoms with Crippen LogP contribution in [-0.2, 0) is 6.54 Å². The Morgan fingerprint density at radius 1 is 1.19 bits per heavy atom. The van der Waals surface area contributed by atoms with Gasteiger partial charge in [0.2, 0.25) is 0 Å². The van der Waals surface area contributed by atoms with E-state index in [0.717, 1.165) is 5.56 Å². The molecule has 21 heavy (non-hydrogen) atoms. The summed E-state index contributed by atoms with van der Waals surface area (Å²) in [7, 11) is 0. The number of nitrogens with zero attached hydrogens (tertiary/aromatic N) is 1. The lowest BCUT2D eigenvalue weighted by Crippen LogP contribution is -2.28. The summed E-state index contributed by atoms with van der Waals surface area (Å²) in [5.41, 5.74) is 1.15. The molecule has 6 nitrogen and oxygen atoms in total. The molecule has 0 aliphatic carbocycles. The van der Waals surface area contributed by atoms with Crippen molar-refractivity contribution in [3.8, 4) is 0 Å². The number of halogens is 1. The van der Waals surface area contributed by atoms with Crippen LogP contribution in [0.4, 0.5) is 10.5 Å². The van der Waals surface area contributed by atoms with Gasteiger partial charge in [-0.05, 0) is 35.9 Å². The van der Waals surface area contributed by atoms with Crippen LogP contribution in [0.25, 0.3) is 0 Å². The van der Waals surface area contributed by atoms with E-state index in [9.17, 15) is 9.59 Å². The average molecular weight is 350 g/mol. The van der Waals surface area contributed by atoms with E-state index in [1.165, 1.54) is 12.1 Å². The standard InChI is InChI=1S/C14H12BrN3O3/c15-10-1-2-11(13(19)20)12(7-10)18-14(21)17-8-9-3-5-16-6-4-9/h1-7H,8H2,(H,19,20)(H2,17,18,21). The van der Waals surface area contributed by atoms with Crippen molar-refractivity contribution < 1.29 is 14.7 Å². The van der Waals surface area contributed by atoms with E-state index in [0.29, 0.717) is 11.0 Å². The maximum Gasteiger partial charge on any atom is 0.337 e. The summed E-state index contributed by atoms with van der Waals surface area (Å²) in [5, 5.41) is 14.3. The highest BCUT2D eigenvalue weighted by Crippen LogP contribution is 2.21. The highest BCUT2D eigenvalue weighted by Gasteiger charge is 2.12. The lowest BCUT2D eigenvalue weighted by atomic mass is 10.2. The van der Waals surface area contributed by atoms with Crippen LogP contribution in [0.5, 0.6) is 0 Å². The number of carboxylic acids is 1. The summed E-state index contributed by atoms with van der Waals surface area (Å²) in [5.74, 6) is -1.10. The van der Waals surface area contributed by atoms with Crippen LogP contribution in [0.15, 0.2) is 47.2 Å². The van der Waals surface area contributed by atoms with Crippen LogP contribution in [0, 0.1) is 0 Å². The van der Waals surface area contributed by atoms with Crippen molar-refractivity contribution >= 4 is 33.6 Å². The molecule has 0 unspecified atom stereocenters. The normalized spacial score (nSPS) is 9.95. The second-order valence-electron chi connectivity index (χ2n) is 4.16. The van der Waals surface area contributed by atoms with Gasteiger partial charge in [0.05, 0.1) is 11.3 Å². The van der Waals surface area contributed by atoms with Gasteiger partial charge in [-0.3, -0.25) is 4.98 Å². The Bertz CT molecular complexity index is 662. The molecule has 0 saturated carbocycles. The summed E-state index contributed by atoms with van der Waals surface area (Å²) < 4.78 is 0.678. The number of amides is 2. The molecule has 0 aliphatic rings. The molecule has 0 spiro atoms. The number of carbonyl (C=O) groups is 2. The maximum atomic E-state index is 11.8. The summed E-state index contributed by atoms with van der Waals surface area (Å²) in [6, 6.07) is 7.64. The molecule has 0 saturated heterocycles. The predicted molar refractivity (Wildman–Crippen MR) is 81.2 cm³/mol. The molecule has 1 heterocycles. The number of benzene rings is 1. The van der Waals surface area contributed by atoms with Gasteiger partial charge in [0.15, 0.2) is 0 Å². The lowest BCUT2D eigenvalue weighted by Gasteiger charge is -2.10. The molecule has 1 aromatic heterocycles. The Morgan fingerprint density at radius 3 is 2.57 bits per heavy atom. The molecule has 3 N–H and O–H groups in total. The summed E-state index contributed by atoms with van der Waals surface area (Å²) >= 11 is 3.24. The Morgan fingerprint density at radius 2 is 1.90 bits per heavy atom. The van der Waals surface area contributed by atoms with Crippen LogP contribution >= 0.6 is 15.9 Å². The third-order valence-corrected chi connectivity index (χ3v) is 3.16. The van der Waals surface area contributed by atoms with Gasteiger partial charge < -0.3 is 15.7 Å². The number of hydrogen-bond acceptors (Lipinski definition) is 3. The molecule has 7 heteroatoms. The number of anilines is 1. The van der Waals surface area contributed by atoms with Crippen molar-refractivity contribution in [1.82, 2.24) is 10.3 Å². The molecule has 2 aromatic rings. The van der Waals surface area contributed by atoms with Crippen molar-refractivity contribution in [2.75, 3.05) is 5.32 Å². The van der Waals surface area contributed by atoms with Crippen LogP contribution in [0.2, 0.25) is 0 Å². The van der Waals surface area contributed by atoms with Crippen molar-refractivity contribution in [3.05, 3.63) is 58.3 Å². The van der Waals surface area contributed by atoms with Crippen molar-refractivity contribution in [2.24, 2.45) is 0 Å². The van der Waals surface area contributed by atoms with E-state index >= 15 is 0 Å². The zero-order valence-corrected chi connectivity index (χ0v) is 12.4. The van der Waals surface area contributed by atoms with Crippen LogP contribution < -0.4 is 10.6 Å². The average Bonchev–Trinajstić information content (AvgIpc) is 2.46. The monoisotopic (exact) mass is 349 g/mol. The SMILES string of the molecule is O=C(NCc1ccncc1)Nc1cc(Br)ccc1C(=O)O. The minimum Gasteiger partial charge on any atom is -0.478 e. The van der Waals surface area contributed by atoms with Gasteiger partial charge in [-0.25, -0.2) is 9.59 Å². The van der Waals surface area contributed by atoms with Gasteiger partial charge >= 0.3 is 12.0 Å². The lowest BCUT2D eigenvalue weighted by molar-refractivity contribution is 0.0698. The zero-order valence-electron chi connectivity index (χ0n) is 10.8. The summed E-state index contributed by atoms with van der Waals surface area (Å²) in [6.07, 6.45) is 3.26. The van der Waals surface area contributed by atoms with Crippen molar-refractivity contribution in [1.29, 1.82) is 0 Å². The van der Waals surface area contributed by atoms with E-state index in [2.05, 4.69) is 31.5 Å². The topological polar surface area (TPSA) is 91.3 Å². The van der Waals surface area contributed by atoms with Gasteiger partial charge in [0, 0.05) is 23.4 Å². The van der Waals surface area contributed by atoms with Crippen LogP contribution in [0.1, 0.15) is 15.9 Å². The maximum absolute atomic E-state index is 11.8. The largest absolute Gasteiger partial charge is 0.478 e. The third-order valence-electron chi connectivity index (χ3n) is 2.66. The van der Waals surface area contributed by atoms with Crippen molar-refractivity contribution in [3.63, 3.8) is 0 Å². The molecule has 0 radical (unpaired) electrons. The van der Waals surface area contributed by atoms with Gasteiger partial charge in [0.25, 0.3) is 0 Å². The number of urea groups is 1. The number of aromatic nitrogens is 1. The Kier molecular flexibility index (Phi) is 4.89. The van der Waals surface area contributed by atoms with Gasteiger partial charge in [-0.2, -0.15) is 0 Å². The van der Waals surface area contributed by atoms with Gasteiger partial charge in [-0.1, -0.05) is 15.9 Å². The van der Waals surface area contributed by atoms with Crippen molar-refractivity contribution in [2.45, 2.75) is 6.54 Å².